The van der Waals surface area contributed by atoms with E-state index >= 15 is 0 Å². The molecule has 1 aromatic carbocycles. The van der Waals surface area contributed by atoms with E-state index < -0.39 is 6.10 Å². The summed E-state index contributed by atoms with van der Waals surface area (Å²) in [5.74, 6) is 1.51. The second kappa shape index (κ2) is 6.84. The smallest absolute Gasteiger partial charge is 0.182 e. The molecule has 0 aliphatic heterocycles. The van der Waals surface area contributed by atoms with Gasteiger partial charge in [0.05, 0.1) is 12.9 Å². The molecule has 0 aliphatic rings. The summed E-state index contributed by atoms with van der Waals surface area (Å²) < 4.78 is 7.65. The topological polar surface area (TPSA) is 85.1 Å². The first-order valence-electron chi connectivity index (χ1n) is 7.80. The number of hydrogen-bond donors (Lipinski definition) is 2. The van der Waals surface area contributed by atoms with Crippen LogP contribution in [-0.4, -0.2) is 44.4 Å². The zero-order valence-electron chi connectivity index (χ0n) is 14.0. The first kappa shape index (κ1) is 16.2. The molecule has 7 heteroatoms. The van der Waals surface area contributed by atoms with E-state index in [4.69, 9.17) is 4.74 Å². The molecule has 2 N–H and O–H groups in total. The van der Waals surface area contributed by atoms with E-state index in [0.29, 0.717) is 18.0 Å². The minimum Gasteiger partial charge on any atom is -0.490 e. The molecular weight excluding hydrogens is 306 g/mol. The molecule has 0 spiro atoms. The van der Waals surface area contributed by atoms with Gasteiger partial charge >= 0.3 is 0 Å². The highest BCUT2D eigenvalue weighted by Crippen LogP contribution is 2.23. The molecule has 0 amide bonds. The summed E-state index contributed by atoms with van der Waals surface area (Å²) in [6, 6.07) is 5.98. The molecule has 0 saturated carbocycles. The number of benzene rings is 1. The minimum absolute atomic E-state index is 0.202. The number of aryl methyl sites for hydroxylation is 2. The lowest BCUT2D eigenvalue weighted by atomic mass is 10.1. The van der Waals surface area contributed by atoms with Crippen molar-refractivity contribution in [2.75, 3.05) is 19.0 Å². The maximum absolute atomic E-state index is 10.4. The van der Waals surface area contributed by atoms with Crippen LogP contribution < -0.4 is 10.1 Å². The van der Waals surface area contributed by atoms with Crippen LogP contribution in [0, 0.1) is 13.8 Å². The maximum atomic E-state index is 10.4. The summed E-state index contributed by atoms with van der Waals surface area (Å²) in [5.41, 5.74) is 3.48. The fraction of sp³-hybridized carbons (Fsp3) is 0.353. The Kier molecular flexibility index (Phi) is 4.61. The third kappa shape index (κ3) is 3.16. The lowest BCUT2D eigenvalue weighted by molar-refractivity contribution is 0.0928. The van der Waals surface area contributed by atoms with Gasteiger partial charge in [0.15, 0.2) is 11.5 Å². The van der Waals surface area contributed by atoms with Crippen molar-refractivity contribution in [3.05, 3.63) is 42.0 Å². The molecule has 2 aromatic heterocycles. The lowest BCUT2D eigenvalue weighted by Crippen LogP contribution is -2.24. The van der Waals surface area contributed by atoms with Gasteiger partial charge in [-0.3, -0.25) is 0 Å². The predicted octanol–water partition coefficient (Wildman–Crippen LogP) is 1.92. The molecule has 0 saturated heterocycles. The Labute approximate surface area is 140 Å². The summed E-state index contributed by atoms with van der Waals surface area (Å²) in [6.45, 7) is 4.54. The van der Waals surface area contributed by atoms with Gasteiger partial charge in [0, 0.05) is 7.05 Å². The average molecular weight is 327 g/mol. The van der Waals surface area contributed by atoms with E-state index in [0.717, 1.165) is 22.4 Å². The van der Waals surface area contributed by atoms with E-state index in [-0.39, 0.29) is 6.61 Å². The van der Waals surface area contributed by atoms with Gasteiger partial charge in [-0.1, -0.05) is 18.2 Å². The second-order valence-corrected chi connectivity index (χ2v) is 5.73. The number of para-hydroxylation sites is 1. The Hall–Kier alpha value is -2.67. The Bertz CT molecular complexity index is 826. The van der Waals surface area contributed by atoms with Gasteiger partial charge in [-0.15, -0.1) is 0 Å². The van der Waals surface area contributed by atoms with E-state index in [1.54, 1.807) is 13.4 Å². The number of hydrogen-bond acceptors (Lipinski definition) is 6. The van der Waals surface area contributed by atoms with Crippen LogP contribution >= 0.6 is 0 Å². The number of nitrogens with zero attached hydrogens (tertiary/aromatic N) is 4. The van der Waals surface area contributed by atoms with Crippen molar-refractivity contribution in [2.24, 2.45) is 0 Å². The summed E-state index contributed by atoms with van der Waals surface area (Å²) in [6.07, 6.45) is 2.44. The number of nitrogens with one attached hydrogen (secondary N) is 1. The Morgan fingerprint density at radius 3 is 2.67 bits per heavy atom. The monoisotopic (exact) mass is 327 g/mol. The van der Waals surface area contributed by atoms with Crippen molar-refractivity contribution < 1.29 is 9.84 Å². The number of ether oxygens (including phenoxy) is 1. The quantitative estimate of drug-likeness (QED) is 0.719. The third-order valence-electron chi connectivity index (χ3n) is 3.88. The SMILES string of the molecule is CNc1ncnc2ncn(CC(O)COc3c(C)cccc3C)c12. The maximum Gasteiger partial charge on any atom is 0.182 e. The molecule has 0 aliphatic carbocycles. The van der Waals surface area contributed by atoms with Crippen LogP contribution in [0.5, 0.6) is 5.75 Å². The van der Waals surface area contributed by atoms with E-state index in [1.807, 2.05) is 36.6 Å². The van der Waals surface area contributed by atoms with Crippen molar-refractivity contribution in [3.8, 4) is 5.75 Å². The van der Waals surface area contributed by atoms with Gasteiger partial charge in [-0.25, -0.2) is 15.0 Å². The van der Waals surface area contributed by atoms with Crippen LogP contribution in [0.4, 0.5) is 5.82 Å². The molecule has 0 radical (unpaired) electrons. The first-order chi connectivity index (χ1) is 11.6. The number of aliphatic hydroxyl groups excluding tert-OH is 1. The molecular formula is C17H21N5O2. The highest BCUT2D eigenvalue weighted by Gasteiger charge is 2.14. The van der Waals surface area contributed by atoms with E-state index in [2.05, 4.69) is 20.3 Å². The highest BCUT2D eigenvalue weighted by molar-refractivity contribution is 5.82. The van der Waals surface area contributed by atoms with Crippen LogP contribution in [0.1, 0.15) is 11.1 Å². The molecule has 7 nitrogen and oxygen atoms in total. The van der Waals surface area contributed by atoms with Crippen LogP contribution in [0.15, 0.2) is 30.9 Å². The molecule has 2 heterocycles. The largest absolute Gasteiger partial charge is 0.490 e. The zero-order valence-corrected chi connectivity index (χ0v) is 14.0. The van der Waals surface area contributed by atoms with Crippen LogP contribution in [0.3, 0.4) is 0 Å². The normalized spacial score (nSPS) is 12.3. The Morgan fingerprint density at radius 1 is 1.21 bits per heavy atom. The fourth-order valence-corrected chi connectivity index (χ4v) is 2.72. The van der Waals surface area contributed by atoms with Crippen molar-refractivity contribution in [1.29, 1.82) is 0 Å². The molecule has 1 unspecified atom stereocenters. The van der Waals surface area contributed by atoms with Gasteiger partial charge < -0.3 is 19.7 Å². The molecule has 3 aromatic rings. The molecule has 1 atom stereocenters. The minimum atomic E-state index is -0.675. The summed E-state index contributed by atoms with van der Waals surface area (Å²) in [4.78, 5) is 12.6. The third-order valence-corrected chi connectivity index (χ3v) is 3.88. The molecule has 3 rings (SSSR count). The summed E-state index contributed by atoms with van der Waals surface area (Å²) in [5, 5.41) is 13.4. The van der Waals surface area contributed by atoms with Gasteiger partial charge in [0.25, 0.3) is 0 Å². The number of imidazole rings is 1. The molecule has 24 heavy (non-hydrogen) atoms. The Balaban J connectivity index is 1.73. The van der Waals surface area contributed by atoms with Gasteiger partial charge in [-0.2, -0.15) is 0 Å². The molecule has 0 bridgehead atoms. The number of fused-ring (bicyclic) bond motifs is 1. The number of rotatable bonds is 6. The van der Waals surface area contributed by atoms with E-state index in [9.17, 15) is 5.11 Å². The standard InChI is InChI=1S/C17H21N5O2/c1-11-5-4-6-12(2)15(11)24-8-13(23)7-22-10-21-17-14(22)16(18-3)19-9-20-17/h4-6,9-10,13,23H,7-8H2,1-3H3,(H,18,19,20). The van der Waals surface area contributed by atoms with Gasteiger partial charge in [0.2, 0.25) is 0 Å². The van der Waals surface area contributed by atoms with Crippen LogP contribution in [0.2, 0.25) is 0 Å². The number of anilines is 1. The van der Waals surface area contributed by atoms with Gasteiger partial charge in [-0.05, 0) is 25.0 Å². The highest BCUT2D eigenvalue weighted by atomic mass is 16.5. The first-order valence-corrected chi connectivity index (χ1v) is 7.80. The summed E-state index contributed by atoms with van der Waals surface area (Å²) in [7, 11) is 1.79. The van der Waals surface area contributed by atoms with Crippen molar-refractivity contribution in [3.63, 3.8) is 0 Å². The molecule has 126 valence electrons. The van der Waals surface area contributed by atoms with Crippen molar-refractivity contribution >= 4 is 17.0 Å². The zero-order chi connectivity index (χ0) is 17.1. The Morgan fingerprint density at radius 2 is 1.96 bits per heavy atom. The van der Waals surface area contributed by atoms with Crippen molar-refractivity contribution in [1.82, 2.24) is 19.5 Å². The number of aromatic nitrogens is 4. The van der Waals surface area contributed by atoms with Crippen LogP contribution in [-0.2, 0) is 6.54 Å². The molecule has 0 fully saturated rings. The van der Waals surface area contributed by atoms with E-state index in [1.165, 1.54) is 6.33 Å². The number of aliphatic hydroxyl groups is 1. The fourth-order valence-electron chi connectivity index (χ4n) is 2.72. The van der Waals surface area contributed by atoms with Crippen LogP contribution in [0.25, 0.3) is 11.2 Å². The van der Waals surface area contributed by atoms with Gasteiger partial charge in [0.1, 0.15) is 30.3 Å². The predicted molar refractivity (Wildman–Crippen MR) is 92.3 cm³/mol. The summed E-state index contributed by atoms with van der Waals surface area (Å²) >= 11 is 0. The van der Waals surface area contributed by atoms with Crippen molar-refractivity contribution in [2.45, 2.75) is 26.5 Å². The average Bonchev–Trinajstić information content (AvgIpc) is 2.97. The second-order valence-electron chi connectivity index (χ2n) is 5.73. The lowest BCUT2D eigenvalue weighted by Gasteiger charge is -2.16.